The average molecular weight is 371 g/mol. The van der Waals surface area contributed by atoms with Gasteiger partial charge >= 0.3 is 0 Å². The van der Waals surface area contributed by atoms with Crippen LogP contribution >= 0.6 is 0 Å². The first-order chi connectivity index (χ1) is 12.5. The summed E-state index contributed by atoms with van der Waals surface area (Å²) < 4.78 is 26.0. The Morgan fingerprint density at radius 3 is 2.92 bits per heavy atom. The van der Waals surface area contributed by atoms with Crippen LogP contribution in [-0.2, 0) is 30.0 Å². The van der Waals surface area contributed by atoms with Crippen LogP contribution in [0.3, 0.4) is 0 Å². The third-order valence-corrected chi connectivity index (χ3v) is 6.18. The molecule has 26 heavy (non-hydrogen) atoms. The van der Waals surface area contributed by atoms with Crippen LogP contribution in [0.1, 0.15) is 22.4 Å². The van der Waals surface area contributed by atoms with Crippen molar-refractivity contribution in [3.63, 3.8) is 0 Å². The quantitative estimate of drug-likeness (QED) is 0.706. The zero-order valence-electron chi connectivity index (χ0n) is 15.3. The summed E-state index contributed by atoms with van der Waals surface area (Å²) in [4.78, 5) is 9.08. The van der Waals surface area contributed by atoms with E-state index < -0.39 is 10.8 Å². The largest absolute Gasteiger partial charge is 0.496 e. The zero-order valence-corrected chi connectivity index (χ0v) is 16.1. The zero-order chi connectivity index (χ0) is 18.4. The number of rotatable bonds is 4. The van der Waals surface area contributed by atoms with Gasteiger partial charge in [-0.2, -0.15) is 0 Å². The second kappa shape index (κ2) is 6.39. The Hall–Kier alpha value is -2.41. The average Bonchev–Trinajstić information content (AvgIpc) is 3.20. The second-order valence-electron chi connectivity index (χ2n) is 6.54. The smallest absolute Gasteiger partial charge is 0.200 e. The lowest BCUT2D eigenvalue weighted by Gasteiger charge is -2.12. The minimum atomic E-state index is -1.31. The van der Waals surface area contributed by atoms with Crippen molar-refractivity contribution < 1.29 is 13.7 Å². The number of hydrogen-bond donors (Lipinski definition) is 0. The molecule has 0 spiro atoms. The highest BCUT2D eigenvalue weighted by molar-refractivity contribution is 7.84. The van der Waals surface area contributed by atoms with Crippen molar-refractivity contribution in [1.82, 2.24) is 14.5 Å². The van der Waals surface area contributed by atoms with Gasteiger partial charge in [-0.1, -0.05) is 0 Å². The lowest BCUT2D eigenvalue weighted by atomic mass is 10.1. The van der Waals surface area contributed by atoms with E-state index >= 15 is 0 Å². The summed E-state index contributed by atoms with van der Waals surface area (Å²) in [5.74, 6) is 2.00. The molecule has 1 atom stereocenters. The molecule has 0 bridgehead atoms. The molecule has 2 aromatic heterocycles. The third kappa shape index (κ3) is 2.67. The van der Waals surface area contributed by atoms with E-state index in [2.05, 4.69) is 9.97 Å². The molecule has 7 heteroatoms. The molecule has 4 rings (SSSR count). The number of imidazole rings is 1. The van der Waals surface area contributed by atoms with Crippen molar-refractivity contribution in [1.29, 1.82) is 0 Å². The maximum atomic E-state index is 13.0. The highest BCUT2D eigenvalue weighted by Crippen LogP contribution is 2.31. The Morgan fingerprint density at radius 2 is 2.15 bits per heavy atom. The molecule has 1 aliphatic rings. The van der Waals surface area contributed by atoms with Crippen molar-refractivity contribution in [3.8, 4) is 11.5 Å². The van der Waals surface area contributed by atoms with Crippen LogP contribution in [0, 0.1) is 13.8 Å². The molecule has 3 aromatic rings. The summed E-state index contributed by atoms with van der Waals surface area (Å²) in [6, 6.07) is 4.03. The van der Waals surface area contributed by atoms with Crippen LogP contribution in [-0.4, -0.2) is 32.5 Å². The minimum Gasteiger partial charge on any atom is -0.496 e. The second-order valence-corrected chi connectivity index (χ2v) is 7.88. The van der Waals surface area contributed by atoms with Gasteiger partial charge in [0.2, 0.25) is 0 Å². The minimum absolute atomic E-state index is 0.301. The van der Waals surface area contributed by atoms with Crippen LogP contribution < -0.4 is 9.47 Å². The topological polar surface area (TPSA) is 66.2 Å². The lowest BCUT2D eigenvalue weighted by molar-refractivity contribution is 0.357. The first-order valence-corrected chi connectivity index (χ1v) is 9.81. The van der Waals surface area contributed by atoms with Crippen LogP contribution in [0.2, 0.25) is 0 Å². The summed E-state index contributed by atoms with van der Waals surface area (Å²) in [6.45, 7) is 4.61. The van der Waals surface area contributed by atoms with E-state index in [4.69, 9.17) is 9.47 Å². The lowest BCUT2D eigenvalue weighted by Crippen LogP contribution is -2.07. The molecule has 1 aromatic carbocycles. The molecule has 136 valence electrons. The number of fused-ring (bicyclic) bond motifs is 2. The number of pyridine rings is 1. The number of methoxy groups -OCH3 is 1. The van der Waals surface area contributed by atoms with E-state index in [0.717, 1.165) is 51.3 Å². The summed E-state index contributed by atoms with van der Waals surface area (Å²) in [5.41, 5.74) is 5.60. The highest BCUT2D eigenvalue weighted by Gasteiger charge is 2.21. The Labute approximate surface area is 154 Å². The Balaban J connectivity index is 1.70. The number of hydrogen-bond acceptors (Lipinski definition) is 5. The van der Waals surface area contributed by atoms with Gasteiger partial charge in [-0.3, -0.25) is 9.19 Å². The van der Waals surface area contributed by atoms with E-state index in [9.17, 15) is 4.21 Å². The number of nitrogens with zero attached hydrogens (tertiary/aromatic N) is 3. The van der Waals surface area contributed by atoms with Gasteiger partial charge < -0.3 is 14.0 Å². The van der Waals surface area contributed by atoms with Gasteiger partial charge in [0, 0.05) is 36.9 Å². The molecule has 1 aliphatic heterocycles. The molecule has 0 aliphatic carbocycles. The Bertz CT molecular complexity index is 1040. The summed E-state index contributed by atoms with van der Waals surface area (Å²) in [5, 5.41) is 0.546. The van der Waals surface area contributed by atoms with E-state index in [0.29, 0.717) is 17.5 Å². The van der Waals surface area contributed by atoms with Crippen LogP contribution in [0.5, 0.6) is 11.5 Å². The van der Waals surface area contributed by atoms with Crippen molar-refractivity contribution >= 4 is 21.8 Å². The Kier molecular flexibility index (Phi) is 4.19. The molecular formula is C19H21N3O3S. The van der Waals surface area contributed by atoms with Crippen molar-refractivity contribution in [2.45, 2.75) is 31.2 Å². The van der Waals surface area contributed by atoms with Gasteiger partial charge in [-0.05, 0) is 25.5 Å². The third-order valence-electron chi connectivity index (χ3n) is 4.87. The molecule has 0 fully saturated rings. The normalized spacial score (nSPS) is 14.3. The summed E-state index contributed by atoms with van der Waals surface area (Å²) >= 11 is 0. The SMILES string of the molecule is COc1c(C)cnc(CS(=O)c2nc3cc4c(cc3n2C)OCC4)c1C. The maximum absolute atomic E-state index is 13.0. The van der Waals surface area contributed by atoms with Crippen LogP contribution in [0.15, 0.2) is 23.5 Å². The van der Waals surface area contributed by atoms with Crippen LogP contribution in [0.25, 0.3) is 11.0 Å². The highest BCUT2D eigenvalue weighted by atomic mass is 32.2. The van der Waals surface area contributed by atoms with E-state index in [1.54, 1.807) is 13.3 Å². The molecular weight excluding hydrogens is 350 g/mol. The van der Waals surface area contributed by atoms with Gasteiger partial charge in [0.1, 0.15) is 11.5 Å². The number of aromatic nitrogens is 3. The van der Waals surface area contributed by atoms with Gasteiger partial charge in [0.25, 0.3) is 0 Å². The van der Waals surface area contributed by atoms with Gasteiger partial charge in [0.15, 0.2) is 5.16 Å². The number of ether oxygens (including phenoxy) is 2. The Morgan fingerprint density at radius 1 is 1.35 bits per heavy atom. The van der Waals surface area contributed by atoms with E-state index in [1.165, 1.54) is 0 Å². The predicted molar refractivity (Wildman–Crippen MR) is 100 cm³/mol. The fourth-order valence-electron chi connectivity index (χ4n) is 3.45. The van der Waals surface area contributed by atoms with Crippen molar-refractivity contribution in [2.24, 2.45) is 7.05 Å². The van der Waals surface area contributed by atoms with E-state index in [-0.39, 0.29) is 0 Å². The number of aryl methyl sites for hydroxylation is 2. The molecule has 3 heterocycles. The van der Waals surface area contributed by atoms with Gasteiger partial charge in [-0.25, -0.2) is 4.98 Å². The maximum Gasteiger partial charge on any atom is 0.200 e. The fourth-order valence-corrected chi connectivity index (χ4v) is 4.72. The fraction of sp³-hybridized carbons (Fsp3) is 0.368. The predicted octanol–water partition coefficient (Wildman–Crippen LogP) is 2.84. The summed E-state index contributed by atoms with van der Waals surface area (Å²) in [6.07, 6.45) is 2.65. The molecule has 0 saturated carbocycles. The first-order valence-electron chi connectivity index (χ1n) is 8.49. The molecule has 0 saturated heterocycles. The van der Waals surface area contributed by atoms with Gasteiger partial charge in [0.05, 0.1) is 47.0 Å². The molecule has 1 unspecified atom stereocenters. The van der Waals surface area contributed by atoms with E-state index in [1.807, 2.05) is 37.6 Å². The number of benzene rings is 1. The molecule has 0 N–H and O–H groups in total. The molecule has 6 nitrogen and oxygen atoms in total. The first kappa shape index (κ1) is 17.0. The van der Waals surface area contributed by atoms with Crippen molar-refractivity contribution in [2.75, 3.05) is 13.7 Å². The van der Waals surface area contributed by atoms with Gasteiger partial charge in [-0.15, -0.1) is 0 Å². The van der Waals surface area contributed by atoms with Crippen molar-refractivity contribution in [3.05, 3.63) is 40.7 Å². The summed E-state index contributed by atoms with van der Waals surface area (Å²) in [7, 11) is 2.22. The monoisotopic (exact) mass is 371 g/mol. The molecule has 0 radical (unpaired) electrons. The van der Waals surface area contributed by atoms with Crippen LogP contribution in [0.4, 0.5) is 0 Å². The molecule has 0 amide bonds. The standard InChI is InChI=1S/C19H21N3O3S/c1-11-9-20-15(12(2)18(11)24-4)10-26(23)19-21-14-7-13-5-6-25-17(13)8-16(14)22(19)3/h7-9H,5-6,10H2,1-4H3.